The zero-order valence-electron chi connectivity index (χ0n) is 17.2. The standard InChI is InChI=1S/C21H29NO10/c22-7-11(10-4-2-1-3-5-10)6-12-15(24)18(27)17(26)14(31-12)9-30-21-20(29)19(28)16(25)13(8-23)32-21/h1-5,11-21,23-29H,6,8-9H2/t11-,12?,13?,14?,15?,16?,17?,18?,19?,20?,21?/m0/s1. The smallest absolute Gasteiger partial charge is 0.186 e. The largest absolute Gasteiger partial charge is 0.394 e. The van der Waals surface area contributed by atoms with Gasteiger partial charge in [-0.3, -0.25) is 0 Å². The molecule has 0 amide bonds. The number of benzene rings is 1. The predicted octanol–water partition coefficient (Wildman–Crippen LogP) is -2.65. The molecule has 11 nitrogen and oxygen atoms in total. The molecule has 2 saturated heterocycles. The average Bonchev–Trinajstić information content (AvgIpc) is 2.81. The molecule has 2 aliphatic rings. The molecular formula is C21H29NO10. The summed E-state index contributed by atoms with van der Waals surface area (Å²) < 4.78 is 16.4. The SMILES string of the molecule is N#C[C@H](CC1OC(COC2OC(CO)C(O)C(O)C2O)C(O)C(O)C1O)c1ccccc1. The van der Waals surface area contributed by atoms with Crippen LogP contribution >= 0.6 is 0 Å². The fraction of sp³-hybridized carbons (Fsp3) is 0.667. The van der Waals surface area contributed by atoms with Gasteiger partial charge in [0, 0.05) is 0 Å². The maximum atomic E-state index is 10.4. The van der Waals surface area contributed by atoms with Gasteiger partial charge in [-0.25, -0.2) is 0 Å². The van der Waals surface area contributed by atoms with Gasteiger partial charge in [-0.15, -0.1) is 0 Å². The van der Waals surface area contributed by atoms with Gasteiger partial charge in [-0.2, -0.15) is 5.26 Å². The van der Waals surface area contributed by atoms with Crippen molar-refractivity contribution in [2.75, 3.05) is 13.2 Å². The van der Waals surface area contributed by atoms with E-state index in [0.717, 1.165) is 0 Å². The normalized spacial score (nSPS) is 41.1. The average molecular weight is 455 g/mol. The van der Waals surface area contributed by atoms with Gasteiger partial charge in [0.25, 0.3) is 0 Å². The number of hydrogen-bond donors (Lipinski definition) is 7. The highest BCUT2D eigenvalue weighted by atomic mass is 16.7. The van der Waals surface area contributed by atoms with E-state index < -0.39 is 80.4 Å². The van der Waals surface area contributed by atoms with Crippen LogP contribution in [0.5, 0.6) is 0 Å². The zero-order valence-corrected chi connectivity index (χ0v) is 17.2. The first kappa shape index (κ1) is 24.9. The number of aliphatic hydroxyl groups excluding tert-OH is 7. The Morgan fingerprint density at radius 2 is 1.41 bits per heavy atom. The van der Waals surface area contributed by atoms with Crippen molar-refractivity contribution >= 4 is 0 Å². The Hall–Kier alpha value is -1.69. The molecule has 3 rings (SSSR count). The molecule has 1 aromatic carbocycles. The Morgan fingerprint density at radius 3 is 2.03 bits per heavy atom. The van der Waals surface area contributed by atoms with Crippen molar-refractivity contribution in [3.8, 4) is 6.07 Å². The highest BCUT2D eigenvalue weighted by Gasteiger charge is 2.47. The Balaban J connectivity index is 1.65. The summed E-state index contributed by atoms with van der Waals surface area (Å²) in [7, 11) is 0. The second-order valence-electron chi connectivity index (χ2n) is 8.04. The number of ether oxygens (including phenoxy) is 3. The van der Waals surface area contributed by atoms with Gasteiger partial charge in [-0.1, -0.05) is 30.3 Å². The molecular weight excluding hydrogens is 426 g/mol. The molecule has 2 aliphatic heterocycles. The molecule has 11 atom stereocenters. The topological polar surface area (TPSA) is 193 Å². The van der Waals surface area contributed by atoms with Gasteiger partial charge in [0.05, 0.1) is 31.3 Å². The minimum atomic E-state index is -1.64. The van der Waals surface area contributed by atoms with E-state index in [1.807, 2.05) is 0 Å². The molecule has 2 fully saturated rings. The van der Waals surface area contributed by atoms with E-state index in [-0.39, 0.29) is 6.42 Å². The van der Waals surface area contributed by atoms with E-state index in [2.05, 4.69) is 6.07 Å². The first-order chi connectivity index (χ1) is 15.3. The van der Waals surface area contributed by atoms with E-state index in [0.29, 0.717) is 5.56 Å². The maximum absolute atomic E-state index is 10.4. The Kier molecular flexibility index (Phi) is 8.54. The number of aliphatic hydroxyl groups is 7. The van der Waals surface area contributed by atoms with Crippen LogP contribution in [0.25, 0.3) is 0 Å². The summed E-state index contributed by atoms with van der Waals surface area (Å²) in [6, 6.07) is 11.0. The summed E-state index contributed by atoms with van der Waals surface area (Å²) in [6.45, 7) is -1.04. The van der Waals surface area contributed by atoms with E-state index in [4.69, 9.17) is 14.2 Å². The fourth-order valence-corrected chi connectivity index (χ4v) is 3.94. The lowest BCUT2D eigenvalue weighted by Gasteiger charge is -2.43. The first-order valence-corrected chi connectivity index (χ1v) is 10.3. The molecule has 0 bridgehead atoms. The van der Waals surface area contributed by atoms with Gasteiger partial charge in [0.2, 0.25) is 0 Å². The highest BCUT2D eigenvalue weighted by molar-refractivity contribution is 5.25. The van der Waals surface area contributed by atoms with Crippen molar-refractivity contribution in [3.63, 3.8) is 0 Å². The van der Waals surface area contributed by atoms with Gasteiger partial charge in [-0.05, 0) is 12.0 Å². The van der Waals surface area contributed by atoms with Gasteiger partial charge in [0.15, 0.2) is 6.29 Å². The summed E-state index contributed by atoms with van der Waals surface area (Å²) in [5, 5.41) is 79.5. The zero-order chi connectivity index (χ0) is 23.4. The van der Waals surface area contributed by atoms with Crippen molar-refractivity contribution in [2.45, 2.75) is 73.6 Å². The van der Waals surface area contributed by atoms with E-state index in [1.165, 1.54) is 0 Å². The van der Waals surface area contributed by atoms with Crippen LogP contribution in [0.1, 0.15) is 17.9 Å². The van der Waals surface area contributed by atoms with Crippen LogP contribution in [0.15, 0.2) is 30.3 Å². The Labute approximate surface area is 184 Å². The predicted molar refractivity (Wildman–Crippen MR) is 106 cm³/mol. The molecule has 1 aromatic rings. The molecule has 32 heavy (non-hydrogen) atoms. The molecule has 11 heteroatoms. The third kappa shape index (κ3) is 5.27. The van der Waals surface area contributed by atoms with Gasteiger partial charge >= 0.3 is 0 Å². The number of nitrogens with zero attached hydrogens (tertiary/aromatic N) is 1. The van der Waals surface area contributed by atoms with Crippen LogP contribution in [0.4, 0.5) is 0 Å². The second-order valence-corrected chi connectivity index (χ2v) is 8.04. The van der Waals surface area contributed by atoms with Crippen molar-refractivity contribution in [3.05, 3.63) is 35.9 Å². The Morgan fingerprint density at radius 1 is 0.812 bits per heavy atom. The molecule has 0 aromatic heterocycles. The number of rotatable bonds is 7. The van der Waals surface area contributed by atoms with E-state index in [1.54, 1.807) is 30.3 Å². The fourth-order valence-electron chi connectivity index (χ4n) is 3.94. The van der Waals surface area contributed by atoms with Crippen molar-refractivity contribution in [1.29, 1.82) is 5.26 Å². The lowest BCUT2D eigenvalue weighted by molar-refractivity contribution is -0.314. The number of hydrogen-bond acceptors (Lipinski definition) is 11. The lowest BCUT2D eigenvalue weighted by atomic mass is 9.87. The van der Waals surface area contributed by atoms with Crippen LogP contribution in [0.2, 0.25) is 0 Å². The van der Waals surface area contributed by atoms with Crippen LogP contribution < -0.4 is 0 Å². The van der Waals surface area contributed by atoms with Gasteiger partial charge in [0.1, 0.15) is 48.8 Å². The summed E-state index contributed by atoms with van der Waals surface area (Å²) in [5.41, 5.74) is 0.709. The number of nitriles is 1. The third-order valence-corrected chi connectivity index (χ3v) is 5.91. The molecule has 0 aliphatic carbocycles. The lowest BCUT2D eigenvalue weighted by Crippen LogP contribution is -2.61. The van der Waals surface area contributed by atoms with Crippen LogP contribution in [-0.2, 0) is 14.2 Å². The molecule has 7 N–H and O–H groups in total. The summed E-state index contributed by atoms with van der Waals surface area (Å²) in [5.74, 6) is -0.634. The molecule has 2 heterocycles. The minimum absolute atomic E-state index is 0.0437. The molecule has 0 radical (unpaired) electrons. The minimum Gasteiger partial charge on any atom is -0.394 e. The molecule has 178 valence electrons. The van der Waals surface area contributed by atoms with E-state index in [9.17, 15) is 41.0 Å². The quantitative estimate of drug-likeness (QED) is 0.227. The molecule has 0 saturated carbocycles. The maximum Gasteiger partial charge on any atom is 0.186 e. The molecule has 0 spiro atoms. The van der Waals surface area contributed by atoms with Crippen LogP contribution in [0, 0.1) is 11.3 Å². The van der Waals surface area contributed by atoms with Crippen molar-refractivity contribution in [2.24, 2.45) is 0 Å². The van der Waals surface area contributed by atoms with Crippen LogP contribution in [-0.4, -0.2) is 110 Å². The van der Waals surface area contributed by atoms with Crippen LogP contribution in [0.3, 0.4) is 0 Å². The van der Waals surface area contributed by atoms with Crippen molar-refractivity contribution < 1.29 is 50.0 Å². The highest BCUT2D eigenvalue weighted by Crippen LogP contribution is 2.30. The van der Waals surface area contributed by atoms with Gasteiger partial charge < -0.3 is 50.0 Å². The Bertz CT molecular complexity index is 759. The summed E-state index contributed by atoms with van der Waals surface area (Å²) >= 11 is 0. The first-order valence-electron chi connectivity index (χ1n) is 10.3. The van der Waals surface area contributed by atoms with Crippen molar-refractivity contribution in [1.82, 2.24) is 0 Å². The summed E-state index contributed by atoms with van der Waals surface area (Å²) in [4.78, 5) is 0. The molecule has 10 unspecified atom stereocenters. The second kappa shape index (κ2) is 11.0. The monoisotopic (exact) mass is 455 g/mol. The third-order valence-electron chi connectivity index (χ3n) is 5.91. The van der Waals surface area contributed by atoms with E-state index >= 15 is 0 Å². The summed E-state index contributed by atoms with van der Waals surface area (Å²) in [6.07, 6.45) is -14.1.